The van der Waals surface area contributed by atoms with E-state index in [0.29, 0.717) is 0 Å². The molecule has 0 spiro atoms. The average molecular weight is 270 g/mol. The van der Waals surface area contributed by atoms with E-state index >= 15 is 0 Å². The Morgan fingerprint density at radius 3 is 3.16 bits per heavy atom. The van der Waals surface area contributed by atoms with Crippen LogP contribution in [-0.2, 0) is 4.74 Å². The van der Waals surface area contributed by atoms with Gasteiger partial charge in [-0.2, -0.15) is 4.98 Å². The van der Waals surface area contributed by atoms with Crippen molar-refractivity contribution in [2.24, 2.45) is 5.11 Å². The van der Waals surface area contributed by atoms with E-state index < -0.39 is 35.7 Å². The number of nitrogen functional groups attached to an aromatic ring is 1. The molecular formula is C9H11FN6O3. The van der Waals surface area contributed by atoms with Crippen LogP contribution in [-0.4, -0.2) is 33.4 Å². The zero-order valence-electron chi connectivity index (χ0n) is 9.68. The summed E-state index contributed by atoms with van der Waals surface area (Å²) >= 11 is 0. The van der Waals surface area contributed by atoms with Crippen LogP contribution in [0.1, 0.15) is 12.6 Å². The van der Waals surface area contributed by atoms with Crippen molar-refractivity contribution >= 4 is 5.82 Å². The fourth-order valence-corrected chi connectivity index (χ4v) is 1.91. The van der Waals surface area contributed by atoms with Gasteiger partial charge in [-0.3, -0.25) is 4.57 Å². The zero-order chi connectivity index (χ0) is 14.0. The third kappa shape index (κ3) is 2.50. The van der Waals surface area contributed by atoms with Crippen molar-refractivity contribution in [1.29, 1.82) is 0 Å². The second-order valence-electron chi connectivity index (χ2n) is 4.00. The summed E-state index contributed by atoms with van der Waals surface area (Å²) in [7, 11) is 0. The van der Waals surface area contributed by atoms with Crippen LogP contribution < -0.4 is 11.4 Å². The summed E-state index contributed by atoms with van der Waals surface area (Å²) in [5.74, 6) is -1.39. The Bertz CT molecular complexity index is 584. The van der Waals surface area contributed by atoms with Crippen LogP contribution in [0.5, 0.6) is 0 Å². The number of ether oxygens (including phenoxy) is 1. The van der Waals surface area contributed by atoms with Crippen LogP contribution in [0.25, 0.3) is 10.4 Å². The molecule has 102 valence electrons. The van der Waals surface area contributed by atoms with Crippen LogP contribution in [0.2, 0.25) is 0 Å². The first-order valence-electron chi connectivity index (χ1n) is 5.41. The van der Waals surface area contributed by atoms with Gasteiger partial charge in [-0.1, -0.05) is 5.11 Å². The lowest BCUT2D eigenvalue weighted by molar-refractivity contribution is -0.0282. The van der Waals surface area contributed by atoms with Crippen molar-refractivity contribution in [2.45, 2.75) is 24.8 Å². The molecule has 0 aliphatic carbocycles. The first kappa shape index (κ1) is 13.3. The fraction of sp³-hybridized carbons (Fsp3) is 0.556. The number of nitrogens with zero attached hydrogens (tertiary/aromatic N) is 5. The zero-order valence-corrected chi connectivity index (χ0v) is 9.68. The number of aliphatic hydroxyl groups is 1. The van der Waals surface area contributed by atoms with E-state index in [1.807, 2.05) is 0 Å². The second kappa shape index (κ2) is 5.22. The van der Waals surface area contributed by atoms with Crippen molar-refractivity contribution in [3.05, 3.63) is 32.9 Å². The average Bonchev–Trinajstić information content (AvgIpc) is 2.77. The predicted octanol–water partition coefficient (Wildman–Crippen LogP) is -0.0767. The molecule has 1 saturated heterocycles. The molecule has 1 fully saturated rings. The Kier molecular flexibility index (Phi) is 3.65. The van der Waals surface area contributed by atoms with Gasteiger partial charge in [-0.05, 0) is 12.0 Å². The van der Waals surface area contributed by atoms with E-state index in [4.69, 9.17) is 21.1 Å². The molecule has 3 N–H and O–H groups in total. The third-order valence-corrected chi connectivity index (χ3v) is 2.78. The van der Waals surface area contributed by atoms with E-state index in [9.17, 15) is 9.18 Å². The molecule has 0 saturated carbocycles. The quantitative estimate of drug-likeness (QED) is 0.449. The summed E-state index contributed by atoms with van der Waals surface area (Å²) < 4.78 is 19.5. The van der Waals surface area contributed by atoms with Crippen LogP contribution in [0.4, 0.5) is 10.2 Å². The van der Waals surface area contributed by atoms with Crippen molar-refractivity contribution in [1.82, 2.24) is 9.55 Å². The van der Waals surface area contributed by atoms with Gasteiger partial charge in [0.15, 0.2) is 11.6 Å². The lowest BCUT2D eigenvalue weighted by Gasteiger charge is -2.17. The van der Waals surface area contributed by atoms with Crippen LogP contribution in [0, 0.1) is 5.82 Å². The molecule has 2 heterocycles. The van der Waals surface area contributed by atoms with Gasteiger partial charge in [0, 0.05) is 4.91 Å². The number of nitrogens with two attached hydrogens (primary N) is 1. The number of anilines is 1. The third-order valence-electron chi connectivity index (χ3n) is 2.78. The molecule has 0 aromatic carbocycles. The van der Waals surface area contributed by atoms with Crippen LogP contribution in [0.3, 0.4) is 0 Å². The summed E-state index contributed by atoms with van der Waals surface area (Å²) in [5, 5.41) is 12.5. The molecular weight excluding hydrogens is 259 g/mol. The minimum absolute atomic E-state index is 0.226. The largest absolute Gasteiger partial charge is 0.394 e. The molecule has 1 aliphatic heterocycles. The molecule has 9 nitrogen and oxygen atoms in total. The highest BCUT2D eigenvalue weighted by Gasteiger charge is 2.36. The topological polar surface area (TPSA) is 139 Å². The molecule has 10 heteroatoms. The van der Waals surface area contributed by atoms with Gasteiger partial charge in [0.1, 0.15) is 6.23 Å². The molecule has 3 atom stereocenters. The van der Waals surface area contributed by atoms with Gasteiger partial charge in [0.05, 0.1) is 24.9 Å². The number of aromatic nitrogens is 2. The normalized spacial score (nSPS) is 26.1. The van der Waals surface area contributed by atoms with Gasteiger partial charge >= 0.3 is 5.69 Å². The molecule has 2 rings (SSSR count). The van der Waals surface area contributed by atoms with Crippen molar-refractivity contribution in [3.8, 4) is 0 Å². The molecule has 1 aromatic heterocycles. The monoisotopic (exact) mass is 270 g/mol. The summed E-state index contributed by atoms with van der Waals surface area (Å²) in [6, 6.07) is -0.732. The number of aliphatic hydroxyl groups excluding tert-OH is 1. The number of hydrogen-bond acceptors (Lipinski definition) is 6. The molecule has 0 amide bonds. The van der Waals surface area contributed by atoms with E-state index in [-0.39, 0.29) is 13.0 Å². The van der Waals surface area contributed by atoms with Crippen LogP contribution in [0.15, 0.2) is 16.1 Å². The maximum absolute atomic E-state index is 13.3. The maximum atomic E-state index is 13.3. The smallest absolute Gasteiger partial charge is 0.351 e. The van der Waals surface area contributed by atoms with E-state index in [1.54, 1.807) is 0 Å². The summed E-state index contributed by atoms with van der Waals surface area (Å²) in [5.41, 5.74) is 12.8. The van der Waals surface area contributed by atoms with Gasteiger partial charge < -0.3 is 15.6 Å². The lowest BCUT2D eigenvalue weighted by atomic mass is 10.2. The molecule has 0 unspecified atom stereocenters. The van der Waals surface area contributed by atoms with E-state index in [2.05, 4.69) is 15.0 Å². The van der Waals surface area contributed by atoms with Crippen molar-refractivity contribution in [3.63, 3.8) is 0 Å². The molecule has 19 heavy (non-hydrogen) atoms. The minimum Gasteiger partial charge on any atom is -0.394 e. The highest BCUT2D eigenvalue weighted by atomic mass is 19.1. The van der Waals surface area contributed by atoms with Gasteiger partial charge in [0.25, 0.3) is 0 Å². The van der Waals surface area contributed by atoms with Crippen molar-refractivity contribution in [2.75, 3.05) is 12.3 Å². The maximum Gasteiger partial charge on any atom is 0.351 e. The highest BCUT2D eigenvalue weighted by molar-refractivity contribution is 5.26. The Balaban J connectivity index is 2.41. The SMILES string of the molecule is [N-]=[N+]=N[C@H]1C[C@@H](CO)O[C@H]1n1cc(F)c(N)nc1=O. The Labute approximate surface area is 106 Å². The molecule has 0 radical (unpaired) electrons. The van der Waals surface area contributed by atoms with Gasteiger partial charge in [0.2, 0.25) is 0 Å². The second-order valence-corrected chi connectivity index (χ2v) is 4.00. The van der Waals surface area contributed by atoms with E-state index in [1.165, 1.54) is 0 Å². The minimum atomic E-state index is -1.01. The Morgan fingerprint density at radius 2 is 2.53 bits per heavy atom. The molecule has 0 bridgehead atoms. The highest BCUT2D eigenvalue weighted by Crippen LogP contribution is 2.30. The van der Waals surface area contributed by atoms with Gasteiger partial charge in [-0.15, -0.1) is 0 Å². The first-order chi connectivity index (χ1) is 9.06. The summed E-state index contributed by atoms with van der Waals surface area (Å²) in [6.07, 6.45) is -0.533. The fourth-order valence-electron chi connectivity index (χ4n) is 1.91. The standard InChI is InChI=1S/C9H11FN6O3/c10-5-2-16(9(18)13-7(5)11)8-6(14-15-12)1-4(3-17)19-8/h2,4,6,8,17H,1,3H2,(H2,11,13,18)/t4-,6-,8+/m0/s1. The Hall–Kier alpha value is -2.16. The van der Waals surface area contributed by atoms with Gasteiger partial charge in [-0.25, -0.2) is 9.18 Å². The number of halogens is 1. The number of azide groups is 1. The number of rotatable bonds is 3. The number of hydrogen-bond donors (Lipinski definition) is 2. The van der Waals surface area contributed by atoms with Crippen LogP contribution >= 0.6 is 0 Å². The summed E-state index contributed by atoms with van der Waals surface area (Å²) in [6.45, 7) is -0.298. The van der Waals surface area contributed by atoms with Crippen molar-refractivity contribution < 1.29 is 14.2 Å². The molecule has 1 aliphatic rings. The van der Waals surface area contributed by atoms with E-state index in [0.717, 1.165) is 10.8 Å². The summed E-state index contributed by atoms with van der Waals surface area (Å²) in [4.78, 5) is 17.6. The first-order valence-corrected chi connectivity index (χ1v) is 5.41. The Morgan fingerprint density at radius 1 is 1.79 bits per heavy atom. The predicted molar refractivity (Wildman–Crippen MR) is 61.4 cm³/mol. The molecule has 1 aromatic rings. The lowest BCUT2D eigenvalue weighted by Crippen LogP contribution is -2.32.